The summed E-state index contributed by atoms with van der Waals surface area (Å²) in [4.78, 5) is 22.5. The number of hydrogen-bond donors (Lipinski definition) is 2. The standard InChI is InChI=1S/C9H19NO3Si/c1-9(8(12)13,7(11)10-2)6-14(3,4)5/h6H2,1-5H3,(H,10,11)(H,12,13). The second kappa shape index (κ2) is 4.12. The van der Waals surface area contributed by atoms with Crippen LogP contribution in [0.5, 0.6) is 0 Å². The Morgan fingerprint density at radius 3 is 2.00 bits per heavy atom. The van der Waals surface area contributed by atoms with E-state index in [1.165, 1.54) is 14.0 Å². The normalized spacial score (nSPS) is 15.8. The maximum absolute atomic E-state index is 11.5. The molecule has 4 nitrogen and oxygen atoms in total. The highest BCUT2D eigenvalue weighted by molar-refractivity contribution is 6.76. The van der Waals surface area contributed by atoms with Crippen molar-refractivity contribution in [2.45, 2.75) is 32.6 Å². The number of carbonyl (C=O) groups is 2. The van der Waals surface area contributed by atoms with Crippen LogP contribution in [-0.4, -0.2) is 32.1 Å². The SMILES string of the molecule is CNC(=O)C(C)(C[Si](C)(C)C)C(=O)O. The van der Waals surface area contributed by atoms with Crippen LogP contribution in [0, 0.1) is 5.41 Å². The molecule has 0 bridgehead atoms. The van der Waals surface area contributed by atoms with Crippen molar-refractivity contribution in [1.29, 1.82) is 0 Å². The molecule has 0 saturated carbocycles. The number of carboxylic acids is 1. The van der Waals surface area contributed by atoms with E-state index in [4.69, 9.17) is 5.11 Å². The first kappa shape index (κ1) is 13.2. The average molecular weight is 217 g/mol. The first-order chi connectivity index (χ1) is 6.13. The molecule has 0 rings (SSSR count). The molecule has 0 aliphatic heterocycles. The minimum absolute atomic E-state index is 0.410. The van der Waals surface area contributed by atoms with E-state index in [1.54, 1.807) is 0 Å². The second-order valence-corrected chi connectivity index (χ2v) is 10.4. The number of rotatable bonds is 4. The minimum Gasteiger partial charge on any atom is -0.480 e. The van der Waals surface area contributed by atoms with Gasteiger partial charge in [0, 0.05) is 15.1 Å². The lowest BCUT2D eigenvalue weighted by Gasteiger charge is -2.29. The predicted octanol–water partition coefficient (Wildman–Crippen LogP) is 1.16. The number of carbonyl (C=O) groups excluding carboxylic acids is 1. The molecule has 0 aliphatic carbocycles. The Hall–Kier alpha value is -0.843. The summed E-state index contributed by atoms with van der Waals surface area (Å²) < 4.78 is 0. The highest BCUT2D eigenvalue weighted by Gasteiger charge is 2.43. The van der Waals surface area contributed by atoms with E-state index >= 15 is 0 Å². The topological polar surface area (TPSA) is 66.4 Å². The van der Waals surface area contributed by atoms with Crippen molar-refractivity contribution in [3.63, 3.8) is 0 Å². The maximum Gasteiger partial charge on any atom is 0.318 e. The molecule has 2 N–H and O–H groups in total. The molecule has 5 heteroatoms. The Bertz CT molecular complexity index is 247. The highest BCUT2D eigenvalue weighted by atomic mass is 28.3. The number of carboxylic acid groups (broad SMARTS) is 1. The molecule has 1 atom stereocenters. The lowest BCUT2D eigenvalue weighted by Crippen LogP contribution is -2.47. The summed E-state index contributed by atoms with van der Waals surface area (Å²) in [7, 11) is -0.110. The monoisotopic (exact) mass is 217 g/mol. The van der Waals surface area contributed by atoms with Crippen molar-refractivity contribution in [3.8, 4) is 0 Å². The van der Waals surface area contributed by atoms with Gasteiger partial charge in [-0.15, -0.1) is 0 Å². The largest absolute Gasteiger partial charge is 0.480 e. The molecule has 0 aliphatic rings. The zero-order valence-electron chi connectivity index (χ0n) is 9.47. The predicted molar refractivity (Wildman–Crippen MR) is 58.0 cm³/mol. The maximum atomic E-state index is 11.5. The molecule has 0 fully saturated rings. The van der Waals surface area contributed by atoms with Crippen LogP contribution in [0.1, 0.15) is 6.92 Å². The Balaban J connectivity index is 4.93. The first-order valence-corrected chi connectivity index (χ1v) is 8.30. The fourth-order valence-electron chi connectivity index (χ4n) is 1.59. The summed E-state index contributed by atoms with van der Waals surface area (Å²) in [6, 6.07) is 0.453. The van der Waals surface area contributed by atoms with Crippen molar-refractivity contribution in [3.05, 3.63) is 0 Å². The zero-order valence-corrected chi connectivity index (χ0v) is 10.5. The fourth-order valence-corrected chi connectivity index (χ4v) is 4.02. The average Bonchev–Trinajstić information content (AvgIpc) is 1.99. The molecular formula is C9H19NO3Si. The fraction of sp³-hybridized carbons (Fsp3) is 0.778. The Morgan fingerprint density at radius 1 is 1.36 bits per heavy atom. The Morgan fingerprint density at radius 2 is 1.79 bits per heavy atom. The van der Waals surface area contributed by atoms with Crippen LogP contribution in [0.3, 0.4) is 0 Å². The van der Waals surface area contributed by atoms with Gasteiger partial charge >= 0.3 is 5.97 Å². The van der Waals surface area contributed by atoms with E-state index < -0.39 is 25.4 Å². The van der Waals surface area contributed by atoms with Gasteiger partial charge in [-0.05, 0) is 13.0 Å². The van der Waals surface area contributed by atoms with Crippen LogP contribution in [-0.2, 0) is 9.59 Å². The van der Waals surface area contributed by atoms with Crippen LogP contribution in [0.2, 0.25) is 25.7 Å². The van der Waals surface area contributed by atoms with E-state index in [0.29, 0.717) is 6.04 Å². The minimum atomic E-state index is -1.58. The van der Waals surface area contributed by atoms with Crippen molar-refractivity contribution < 1.29 is 14.7 Å². The lowest BCUT2D eigenvalue weighted by atomic mass is 9.92. The van der Waals surface area contributed by atoms with E-state index in [2.05, 4.69) is 25.0 Å². The van der Waals surface area contributed by atoms with Crippen LogP contribution >= 0.6 is 0 Å². The van der Waals surface area contributed by atoms with Gasteiger partial charge in [0.1, 0.15) is 5.41 Å². The molecule has 0 heterocycles. The third kappa shape index (κ3) is 3.14. The van der Waals surface area contributed by atoms with E-state index in [9.17, 15) is 9.59 Å². The van der Waals surface area contributed by atoms with Crippen LogP contribution < -0.4 is 5.32 Å². The van der Waals surface area contributed by atoms with E-state index in [0.717, 1.165) is 0 Å². The van der Waals surface area contributed by atoms with Gasteiger partial charge in [0.05, 0.1) is 0 Å². The van der Waals surface area contributed by atoms with Crippen LogP contribution in [0.4, 0.5) is 0 Å². The van der Waals surface area contributed by atoms with Crippen molar-refractivity contribution in [2.75, 3.05) is 7.05 Å². The number of aliphatic carboxylic acids is 1. The smallest absolute Gasteiger partial charge is 0.318 e. The summed E-state index contributed by atoms with van der Waals surface area (Å²) >= 11 is 0. The quantitative estimate of drug-likeness (QED) is 0.548. The number of amides is 1. The van der Waals surface area contributed by atoms with Gasteiger partial charge in [-0.2, -0.15) is 0 Å². The molecule has 1 unspecified atom stereocenters. The van der Waals surface area contributed by atoms with E-state index in [1.807, 2.05) is 0 Å². The van der Waals surface area contributed by atoms with Gasteiger partial charge in [0.25, 0.3) is 0 Å². The molecule has 82 valence electrons. The molecule has 0 aromatic rings. The van der Waals surface area contributed by atoms with Gasteiger partial charge in [0.2, 0.25) is 5.91 Å². The lowest BCUT2D eigenvalue weighted by molar-refractivity contribution is -0.153. The molecule has 1 amide bonds. The van der Waals surface area contributed by atoms with Crippen LogP contribution in [0.15, 0.2) is 0 Å². The summed E-state index contributed by atoms with van der Waals surface area (Å²) in [5, 5.41) is 11.5. The van der Waals surface area contributed by atoms with E-state index in [-0.39, 0.29) is 0 Å². The molecule has 14 heavy (non-hydrogen) atoms. The van der Waals surface area contributed by atoms with Gasteiger partial charge in [-0.1, -0.05) is 19.6 Å². The zero-order chi connectivity index (χ0) is 11.6. The molecular weight excluding hydrogens is 198 g/mol. The van der Waals surface area contributed by atoms with Crippen molar-refractivity contribution >= 4 is 20.0 Å². The van der Waals surface area contributed by atoms with Crippen molar-refractivity contribution in [1.82, 2.24) is 5.32 Å². The Kier molecular flexibility index (Phi) is 3.88. The first-order valence-electron chi connectivity index (χ1n) is 4.59. The highest BCUT2D eigenvalue weighted by Crippen LogP contribution is 2.29. The molecule has 0 aromatic carbocycles. The van der Waals surface area contributed by atoms with Crippen LogP contribution in [0.25, 0.3) is 0 Å². The van der Waals surface area contributed by atoms with Gasteiger partial charge in [-0.25, -0.2) is 0 Å². The Labute approximate surface area is 85.7 Å². The number of nitrogens with one attached hydrogen (secondary N) is 1. The molecule has 0 radical (unpaired) electrons. The molecule has 0 aromatic heterocycles. The molecule has 0 saturated heterocycles. The van der Waals surface area contributed by atoms with Gasteiger partial charge in [-0.3, -0.25) is 9.59 Å². The molecule has 0 spiro atoms. The summed E-state index contributed by atoms with van der Waals surface area (Å²) in [6.07, 6.45) is 0. The van der Waals surface area contributed by atoms with Gasteiger partial charge in [0.15, 0.2) is 0 Å². The van der Waals surface area contributed by atoms with Crippen molar-refractivity contribution in [2.24, 2.45) is 5.41 Å². The summed E-state index contributed by atoms with van der Waals surface area (Å²) in [6.45, 7) is 7.65. The summed E-state index contributed by atoms with van der Waals surface area (Å²) in [5.41, 5.74) is -1.28. The number of hydrogen-bond acceptors (Lipinski definition) is 2. The third-order valence-corrected chi connectivity index (χ3v) is 3.85. The summed E-state index contributed by atoms with van der Waals surface area (Å²) in [5.74, 6) is -1.45. The van der Waals surface area contributed by atoms with Gasteiger partial charge < -0.3 is 10.4 Å². The second-order valence-electron chi connectivity index (χ2n) is 4.95. The third-order valence-electron chi connectivity index (χ3n) is 2.08.